The van der Waals surface area contributed by atoms with Crippen LogP contribution in [-0.2, 0) is 0 Å². The molecule has 0 amide bonds. The number of terminal acetylenes is 1. The number of carbonyl (C=O) groups excluding carboxylic acids is 1. The maximum Gasteiger partial charge on any atom is 0.169 e. The summed E-state index contributed by atoms with van der Waals surface area (Å²) in [5.41, 5.74) is 0.542. The molecule has 0 spiro atoms. The lowest BCUT2D eigenvalue weighted by Crippen LogP contribution is -2.08. The summed E-state index contributed by atoms with van der Waals surface area (Å²) in [5.74, 6) is 0.432. The van der Waals surface area contributed by atoms with E-state index in [1.54, 1.807) is 24.3 Å². The molecule has 0 fully saturated rings. The topological polar surface area (TPSA) is 26.3 Å². The third-order valence-electron chi connectivity index (χ3n) is 1.85. The fourth-order valence-electron chi connectivity index (χ4n) is 1.13. The summed E-state index contributed by atoms with van der Waals surface area (Å²) in [7, 11) is 0. The highest BCUT2D eigenvalue weighted by molar-refractivity contribution is 5.99. The number of hydrogen-bond acceptors (Lipinski definition) is 2. The summed E-state index contributed by atoms with van der Waals surface area (Å²) in [6.07, 6.45) is 7.09. The lowest BCUT2D eigenvalue weighted by Gasteiger charge is -2.07. The zero-order valence-electron chi connectivity index (χ0n) is 8.28. The minimum Gasteiger partial charge on any atom is -0.407 e. The van der Waals surface area contributed by atoms with Gasteiger partial charge in [0, 0.05) is 5.92 Å². The van der Waals surface area contributed by atoms with E-state index in [2.05, 4.69) is 6.11 Å². The van der Waals surface area contributed by atoms with Crippen molar-refractivity contribution in [2.75, 3.05) is 0 Å². The van der Waals surface area contributed by atoms with Crippen molar-refractivity contribution in [3.05, 3.63) is 29.8 Å². The average molecular weight is 188 g/mol. The number of carbonyl (C=O) groups is 1. The Morgan fingerprint density at radius 2 is 2.07 bits per heavy atom. The van der Waals surface area contributed by atoms with Crippen molar-refractivity contribution >= 4 is 5.78 Å². The normalized spacial score (nSPS) is 9.57. The van der Waals surface area contributed by atoms with E-state index in [0.717, 1.165) is 0 Å². The standard InChI is InChI=1S/C12H12O2/c1-4-14-11-8-6-5-7-10(11)12(13)9(2)3/h1,5-9H,2-3H3. The summed E-state index contributed by atoms with van der Waals surface area (Å²) in [5, 5.41) is 0. The lowest BCUT2D eigenvalue weighted by molar-refractivity contribution is 0.0937. The number of benzene rings is 1. The molecule has 0 heterocycles. The van der Waals surface area contributed by atoms with E-state index >= 15 is 0 Å². The van der Waals surface area contributed by atoms with Gasteiger partial charge in [0.1, 0.15) is 6.11 Å². The van der Waals surface area contributed by atoms with Gasteiger partial charge in [0.25, 0.3) is 0 Å². The second-order valence-corrected chi connectivity index (χ2v) is 3.24. The molecule has 0 aliphatic carbocycles. The van der Waals surface area contributed by atoms with Crippen LogP contribution in [0.2, 0.25) is 0 Å². The summed E-state index contributed by atoms with van der Waals surface area (Å²) in [6, 6.07) is 6.98. The Labute approximate surface area is 83.9 Å². The molecule has 0 unspecified atom stereocenters. The van der Waals surface area contributed by atoms with Crippen LogP contribution in [0.3, 0.4) is 0 Å². The van der Waals surface area contributed by atoms with Crippen LogP contribution in [0.4, 0.5) is 0 Å². The van der Waals surface area contributed by atoms with Crippen molar-refractivity contribution in [3.8, 4) is 18.3 Å². The largest absolute Gasteiger partial charge is 0.407 e. The SMILES string of the molecule is C#COc1ccccc1C(=O)C(C)C. The van der Waals surface area contributed by atoms with Gasteiger partial charge < -0.3 is 4.74 Å². The Bertz CT molecular complexity index is 372. The van der Waals surface area contributed by atoms with Gasteiger partial charge in [-0.15, -0.1) is 0 Å². The third-order valence-corrected chi connectivity index (χ3v) is 1.85. The predicted molar refractivity (Wildman–Crippen MR) is 55.1 cm³/mol. The Morgan fingerprint density at radius 3 is 2.64 bits per heavy atom. The van der Waals surface area contributed by atoms with E-state index < -0.39 is 0 Å². The van der Waals surface area contributed by atoms with Crippen LogP contribution < -0.4 is 4.74 Å². The molecule has 2 heteroatoms. The molecular formula is C12H12O2. The summed E-state index contributed by atoms with van der Waals surface area (Å²) in [6.45, 7) is 3.68. The molecule has 0 aliphatic rings. The first kappa shape index (κ1) is 10.3. The molecule has 1 rings (SSSR count). The van der Waals surface area contributed by atoms with E-state index in [0.29, 0.717) is 11.3 Å². The van der Waals surface area contributed by atoms with Crippen LogP contribution in [0.15, 0.2) is 24.3 Å². The molecule has 0 bridgehead atoms. The van der Waals surface area contributed by atoms with Gasteiger partial charge >= 0.3 is 0 Å². The maximum absolute atomic E-state index is 11.7. The van der Waals surface area contributed by atoms with Crippen LogP contribution in [0.1, 0.15) is 24.2 Å². The molecule has 0 radical (unpaired) electrons. The Kier molecular flexibility index (Phi) is 3.30. The van der Waals surface area contributed by atoms with Gasteiger partial charge in [-0.25, -0.2) is 0 Å². The van der Waals surface area contributed by atoms with Crippen molar-refractivity contribution in [1.29, 1.82) is 0 Å². The molecule has 0 atom stereocenters. The van der Waals surface area contributed by atoms with E-state index in [1.165, 1.54) is 0 Å². The highest BCUT2D eigenvalue weighted by atomic mass is 16.5. The number of rotatable bonds is 3. The van der Waals surface area contributed by atoms with Gasteiger partial charge in [-0.1, -0.05) is 32.4 Å². The van der Waals surface area contributed by atoms with Crippen LogP contribution >= 0.6 is 0 Å². The molecule has 2 nitrogen and oxygen atoms in total. The second kappa shape index (κ2) is 4.48. The smallest absolute Gasteiger partial charge is 0.169 e. The number of Topliss-reactive ketones (excluding diaryl/α,β-unsaturated/α-hetero) is 1. The molecule has 0 saturated carbocycles. The number of para-hydroxylation sites is 1. The molecule has 1 aromatic carbocycles. The molecule has 0 aliphatic heterocycles. The second-order valence-electron chi connectivity index (χ2n) is 3.24. The minimum atomic E-state index is -0.0578. The van der Waals surface area contributed by atoms with E-state index in [-0.39, 0.29) is 11.7 Å². The van der Waals surface area contributed by atoms with Gasteiger partial charge in [0.05, 0.1) is 5.56 Å². The molecule has 1 aromatic rings. The fraction of sp³-hybridized carbons (Fsp3) is 0.250. The van der Waals surface area contributed by atoms with Gasteiger partial charge in [-0.2, -0.15) is 0 Å². The van der Waals surface area contributed by atoms with Gasteiger partial charge in [0.2, 0.25) is 0 Å². The van der Waals surface area contributed by atoms with Crippen LogP contribution in [0.5, 0.6) is 5.75 Å². The van der Waals surface area contributed by atoms with E-state index in [1.807, 2.05) is 13.8 Å². The Morgan fingerprint density at radius 1 is 1.43 bits per heavy atom. The molecule has 14 heavy (non-hydrogen) atoms. The summed E-state index contributed by atoms with van der Waals surface area (Å²) >= 11 is 0. The zero-order valence-corrected chi connectivity index (χ0v) is 8.28. The van der Waals surface area contributed by atoms with Crippen LogP contribution in [0, 0.1) is 18.4 Å². The monoisotopic (exact) mass is 188 g/mol. The summed E-state index contributed by atoms with van der Waals surface area (Å²) in [4.78, 5) is 11.7. The van der Waals surface area contributed by atoms with Crippen molar-refractivity contribution in [1.82, 2.24) is 0 Å². The Hall–Kier alpha value is -1.75. The molecular weight excluding hydrogens is 176 g/mol. The Balaban J connectivity index is 3.08. The quantitative estimate of drug-likeness (QED) is 0.538. The van der Waals surface area contributed by atoms with Crippen LogP contribution in [0.25, 0.3) is 0 Å². The fourth-order valence-corrected chi connectivity index (χ4v) is 1.13. The van der Waals surface area contributed by atoms with Crippen molar-refractivity contribution in [2.45, 2.75) is 13.8 Å². The number of ether oxygens (including phenoxy) is 1. The number of hydrogen-bond donors (Lipinski definition) is 0. The first-order valence-electron chi connectivity index (χ1n) is 4.42. The molecule has 0 aromatic heterocycles. The average Bonchev–Trinajstić information content (AvgIpc) is 2.18. The van der Waals surface area contributed by atoms with Crippen molar-refractivity contribution < 1.29 is 9.53 Å². The van der Waals surface area contributed by atoms with Gasteiger partial charge in [-0.05, 0) is 12.1 Å². The molecule has 72 valence electrons. The van der Waals surface area contributed by atoms with E-state index in [9.17, 15) is 4.79 Å². The van der Waals surface area contributed by atoms with Crippen molar-refractivity contribution in [2.24, 2.45) is 5.92 Å². The molecule has 0 saturated heterocycles. The zero-order chi connectivity index (χ0) is 10.6. The number of ketones is 1. The first-order valence-corrected chi connectivity index (χ1v) is 4.42. The first-order chi connectivity index (χ1) is 6.66. The van der Waals surface area contributed by atoms with E-state index in [4.69, 9.17) is 11.2 Å². The van der Waals surface area contributed by atoms with Crippen LogP contribution in [-0.4, -0.2) is 5.78 Å². The highest BCUT2D eigenvalue weighted by Crippen LogP contribution is 2.20. The summed E-state index contributed by atoms with van der Waals surface area (Å²) < 4.78 is 4.92. The lowest BCUT2D eigenvalue weighted by atomic mass is 10.0. The predicted octanol–water partition coefficient (Wildman–Crippen LogP) is 2.49. The minimum absolute atomic E-state index is 0.0378. The third kappa shape index (κ3) is 2.14. The van der Waals surface area contributed by atoms with Gasteiger partial charge in [-0.3, -0.25) is 4.79 Å². The van der Waals surface area contributed by atoms with Crippen molar-refractivity contribution in [3.63, 3.8) is 0 Å². The van der Waals surface area contributed by atoms with Gasteiger partial charge in [0.15, 0.2) is 11.5 Å². The highest BCUT2D eigenvalue weighted by Gasteiger charge is 2.14. The molecule has 0 N–H and O–H groups in total. The maximum atomic E-state index is 11.7.